The molecule has 0 bridgehead atoms. The molecule has 0 spiro atoms. The van der Waals surface area contributed by atoms with E-state index in [1.54, 1.807) is 47.7 Å². The Hall–Kier alpha value is -2.97. The monoisotopic (exact) mass is 436 g/mol. The Morgan fingerprint density at radius 3 is 2.73 bits per heavy atom. The van der Waals surface area contributed by atoms with E-state index in [0.29, 0.717) is 28.4 Å². The highest BCUT2D eigenvalue weighted by molar-refractivity contribution is 7.99. The highest BCUT2D eigenvalue weighted by atomic mass is 32.2. The van der Waals surface area contributed by atoms with E-state index < -0.39 is 0 Å². The molecule has 3 heterocycles. The molecule has 4 aromatic rings. The molecular weight excluding hydrogens is 416 g/mol. The number of thioether (sulfide) groups is 1. The molecule has 152 valence electrons. The third-order valence-corrected chi connectivity index (χ3v) is 6.38. The quantitative estimate of drug-likeness (QED) is 0.339. The lowest BCUT2D eigenvalue weighted by molar-refractivity contribution is -0.127. The van der Waals surface area contributed by atoms with E-state index in [4.69, 9.17) is 0 Å². The Morgan fingerprint density at radius 1 is 1.17 bits per heavy atom. The van der Waals surface area contributed by atoms with Crippen LogP contribution in [0, 0.1) is 6.92 Å². The van der Waals surface area contributed by atoms with Crippen molar-refractivity contribution in [2.45, 2.75) is 18.6 Å². The normalized spacial score (nSPS) is 11.0. The molecule has 0 aliphatic rings. The van der Waals surface area contributed by atoms with Gasteiger partial charge in [-0.1, -0.05) is 36.0 Å². The minimum atomic E-state index is -0.196. The van der Waals surface area contributed by atoms with Gasteiger partial charge in [0.25, 0.3) is 5.56 Å². The van der Waals surface area contributed by atoms with Crippen molar-refractivity contribution in [3.8, 4) is 5.82 Å². The van der Waals surface area contributed by atoms with Crippen molar-refractivity contribution in [1.82, 2.24) is 19.4 Å². The van der Waals surface area contributed by atoms with E-state index in [1.807, 2.05) is 42.6 Å². The molecule has 4 rings (SSSR count). The van der Waals surface area contributed by atoms with Crippen molar-refractivity contribution in [3.63, 3.8) is 0 Å². The number of carbonyl (C=O) groups excluding carboxylic acids is 1. The van der Waals surface area contributed by atoms with E-state index in [9.17, 15) is 9.59 Å². The highest BCUT2D eigenvalue weighted by Crippen LogP contribution is 2.21. The molecule has 0 unspecified atom stereocenters. The van der Waals surface area contributed by atoms with Crippen LogP contribution in [0.4, 0.5) is 0 Å². The van der Waals surface area contributed by atoms with Crippen LogP contribution in [-0.2, 0) is 11.3 Å². The predicted octanol–water partition coefficient (Wildman–Crippen LogP) is 3.90. The fourth-order valence-corrected chi connectivity index (χ4v) is 4.66. The van der Waals surface area contributed by atoms with Crippen LogP contribution in [0.5, 0.6) is 0 Å². The molecule has 1 amide bonds. The molecule has 0 fully saturated rings. The summed E-state index contributed by atoms with van der Waals surface area (Å²) in [6, 6.07) is 14.9. The van der Waals surface area contributed by atoms with Crippen molar-refractivity contribution < 1.29 is 4.79 Å². The van der Waals surface area contributed by atoms with Gasteiger partial charge >= 0.3 is 0 Å². The van der Waals surface area contributed by atoms with Gasteiger partial charge in [-0.3, -0.25) is 9.59 Å². The molecule has 8 heteroatoms. The van der Waals surface area contributed by atoms with Crippen molar-refractivity contribution in [2.75, 3.05) is 12.8 Å². The molecule has 0 saturated carbocycles. The van der Waals surface area contributed by atoms with Gasteiger partial charge in [-0.2, -0.15) is 0 Å². The molecule has 0 N–H and O–H groups in total. The zero-order valence-electron chi connectivity index (χ0n) is 16.6. The Morgan fingerprint density at radius 2 is 2.00 bits per heavy atom. The van der Waals surface area contributed by atoms with Crippen molar-refractivity contribution in [1.29, 1.82) is 0 Å². The van der Waals surface area contributed by atoms with Crippen LogP contribution in [0.15, 0.2) is 70.1 Å². The summed E-state index contributed by atoms with van der Waals surface area (Å²) in [6.45, 7) is 2.50. The molecule has 1 aromatic carbocycles. The first-order valence-electron chi connectivity index (χ1n) is 9.37. The van der Waals surface area contributed by atoms with Crippen LogP contribution in [0.3, 0.4) is 0 Å². The van der Waals surface area contributed by atoms with Gasteiger partial charge in [0, 0.05) is 18.1 Å². The Labute approximate surface area is 182 Å². The Kier molecular flexibility index (Phi) is 5.96. The summed E-state index contributed by atoms with van der Waals surface area (Å²) >= 11 is 2.87. The highest BCUT2D eigenvalue weighted by Gasteiger charge is 2.17. The maximum Gasteiger partial charge on any atom is 0.267 e. The number of aryl methyl sites for hydroxylation is 1. The van der Waals surface area contributed by atoms with E-state index in [0.717, 1.165) is 10.4 Å². The second kappa shape index (κ2) is 8.81. The molecule has 6 nitrogen and oxygen atoms in total. The molecule has 0 aliphatic carbocycles. The summed E-state index contributed by atoms with van der Waals surface area (Å²) < 4.78 is 1.49. The summed E-state index contributed by atoms with van der Waals surface area (Å²) in [5, 5.41) is 2.97. The molecule has 0 saturated heterocycles. The maximum atomic E-state index is 13.2. The van der Waals surface area contributed by atoms with Gasteiger partial charge in [0.1, 0.15) is 5.82 Å². The number of fused-ring (bicyclic) bond motifs is 1. The lowest BCUT2D eigenvalue weighted by atomic mass is 10.2. The van der Waals surface area contributed by atoms with Gasteiger partial charge in [-0.15, -0.1) is 11.3 Å². The van der Waals surface area contributed by atoms with Crippen molar-refractivity contribution >= 4 is 39.9 Å². The summed E-state index contributed by atoms with van der Waals surface area (Å²) in [4.78, 5) is 37.7. The minimum absolute atomic E-state index is 0.0285. The second-order valence-corrected chi connectivity index (χ2v) is 8.84. The molecule has 3 aromatic heterocycles. The summed E-state index contributed by atoms with van der Waals surface area (Å²) in [5.41, 5.74) is 1.41. The first-order chi connectivity index (χ1) is 14.5. The number of carbonyl (C=O) groups is 1. The second-order valence-electron chi connectivity index (χ2n) is 6.86. The van der Waals surface area contributed by atoms with E-state index in [-0.39, 0.29) is 17.2 Å². The van der Waals surface area contributed by atoms with Crippen LogP contribution in [-0.4, -0.2) is 38.1 Å². The number of benzene rings is 1. The zero-order valence-corrected chi connectivity index (χ0v) is 18.2. The third-order valence-electron chi connectivity index (χ3n) is 4.59. The van der Waals surface area contributed by atoms with Crippen LogP contribution in [0.25, 0.3) is 16.7 Å². The third kappa shape index (κ3) is 4.29. The number of rotatable bonds is 6. The standard InChI is InChI=1S/C22H20N4O2S2/c1-15-9-10-19(23-12-15)26-21(28)17-7-3-4-8-18(17)24-22(26)30-14-20(27)25(2)13-16-6-5-11-29-16/h3-12H,13-14H2,1-2H3. The number of aromatic nitrogens is 3. The Bertz CT molecular complexity index is 1230. The summed E-state index contributed by atoms with van der Waals surface area (Å²) in [6.07, 6.45) is 1.71. The van der Waals surface area contributed by atoms with Crippen LogP contribution in [0.2, 0.25) is 0 Å². The first kappa shape index (κ1) is 20.3. The van der Waals surface area contributed by atoms with Crippen LogP contribution < -0.4 is 5.56 Å². The van der Waals surface area contributed by atoms with Gasteiger partial charge in [-0.25, -0.2) is 14.5 Å². The Balaban J connectivity index is 1.65. The average molecular weight is 437 g/mol. The average Bonchev–Trinajstić information content (AvgIpc) is 3.26. The molecular formula is C22H20N4O2S2. The van der Waals surface area contributed by atoms with Crippen LogP contribution in [0.1, 0.15) is 10.4 Å². The number of amides is 1. The van der Waals surface area contributed by atoms with Gasteiger partial charge in [0.2, 0.25) is 5.91 Å². The SMILES string of the molecule is Cc1ccc(-n2c(SCC(=O)N(C)Cc3cccs3)nc3ccccc3c2=O)nc1. The number of hydrogen-bond acceptors (Lipinski definition) is 6. The maximum absolute atomic E-state index is 13.2. The van der Waals surface area contributed by atoms with Gasteiger partial charge in [0.15, 0.2) is 5.16 Å². The molecule has 0 radical (unpaired) electrons. The number of nitrogens with zero attached hydrogens (tertiary/aromatic N) is 4. The topological polar surface area (TPSA) is 68.1 Å². The fourth-order valence-electron chi connectivity index (χ4n) is 2.96. The fraction of sp³-hybridized carbons (Fsp3) is 0.182. The molecule has 30 heavy (non-hydrogen) atoms. The van der Waals surface area contributed by atoms with Crippen molar-refractivity contribution in [2.24, 2.45) is 0 Å². The van der Waals surface area contributed by atoms with Gasteiger partial charge in [0.05, 0.1) is 23.2 Å². The van der Waals surface area contributed by atoms with E-state index in [1.165, 1.54) is 16.3 Å². The number of thiophene rings is 1. The largest absolute Gasteiger partial charge is 0.340 e. The summed E-state index contributed by atoms with van der Waals surface area (Å²) in [7, 11) is 1.78. The number of pyridine rings is 1. The lowest BCUT2D eigenvalue weighted by Gasteiger charge is -2.17. The molecule has 0 aliphatic heterocycles. The first-order valence-corrected chi connectivity index (χ1v) is 11.2. The van der Waals surface area contributed by atoms with Gasteiger partial charge < -0.3 is 4.90 Å². The van der Waals surface area contributed by atoms with E-state index >= 15 is 0 Å². The zero-order chi connectivity index (χ0) is 21.1. The molecule has 0 atom stereocenters. The van der Waals surface area contributed by atoms with Crippen molar-refractivity contribution in [3.05, 3.63) is 80.9 Å². The predicted molar refractivity (Wildman–Crippen MR) is 121 cm³/mol. The summed E-state index contributed by atoms with van der Waals surface area (Å²) in [5.74, 6) is 0.642. The smallest absolute Gasteiger partial charge is 0.267 e. The van der Waals surface area contributed by atoms with E-state index in [2.05, 4.69) is 9.97 Å². The lowest BCUT2D eigenvalue weighted by Crippen LogP contribution is -2.28. The minimum Gasteiger partial charge on any atom is -0.340 e. The van der Waals surface area contributed by atoms with Gasteiger partial charge in [-0.05, 0) is 42.1 Å². The number of para-hydroxylation sites is 1. The number of hydrogen-bond donors (Lipinski definition) is 0. The van der Waals surface area contributed by atoms with Crippen LogP contribution >= 0.6 is 23.1 Å².